The lowest BCUT2D eigenvalue weighted by Crippen LogP contribution is -2.20. The molecule has 0 aliphatic rings. The largest absolute Gasteiger partial charge is 0.494 e. The summed E-state index contributed by atoms with van der Waals surface area (Å²) in [7, 11) is -3.91. The molecule has 1 aromatic rings. The molecule has 5 nitrogen and oxygen atoms in total. The lowest BCUT2D eigenvalue weighted by molar-refractivity contribution is -0.124. The average Bonchev–Trinajstić information content (AvgIpc) is 2.46. The van der Waals surface area contributed by atoms with Crippen LogP contribution in [0.5, 0.6) is 5.75 Å². The van der Waals surface area contributed by atoms with E-state index in [9.17, 15) is 13.2 Å². The molecule has 0 aromatic heterocycles. The first-order valence-corrected chi connectivity index (χ1v) is 8.46. The van der Waals surface area contributed by atoms with Gasteiger partial charge in [0.05, 0.1) is 11.5 Å². The summed E-state index contributed by atoms with van der Waals surface area (Å²) in [6.45, 7) is 5.68. The van der Waals surface area contributed by atoms with E-state index >= 15 is 0 Å². The summed E-state index contributed by atoms with van der Waals surface area (Å²) in [5, 5.41) is 0. The second-order valence-corrected chi connectivity index (χ2v) is 6.39. The number of ketones is 1. The van der Waals surface area contributed by atoms with Crippen LogP contribution in [0.25, 0.3) is 0 Å². The zero-order valence-corrected chi connectivity index (χ0v) is 13.5. The highest BCUT2D eigenvalue weighted by Crippen LogP contribution is 2.18. The fraction of sp³-hybridized carbons (Fsp3) is 0.533. The molecule has 1 atom stereocenters. The molecule has 0 N–H and O–H groups in total. The highest BCUT2D eigenvalue weighted by atomic mass is 32.2. The Morgan fingerprint density at radius 2 is 1.81 bits per heavy atom. The van der Waals surface area contributed by atoms with Crippen molar-refractivity contribution in [2.75, 3.05) is 13.2 Å². The van der Waals surface area contributed by atoms with Gasteiger partial charge in [0.15, 0.2) is 5.78 Å². The summed E-state index contributed by atoms with van der Waals surface area (Å²) >= 11 is 0. The van der Waals surface area contributed by atoms with Crippen molar-refractivity contribution < 1.29 is 22.1 Å². The third-order valence-electron chi connectivity index (χ3n) is 3.05. The number of ether oxygens (including phenoxy) is 1. The average molecular weight is 314 g/mol. The molecule has 1 aromatic carbocycles. The third kappa shape index (κ3) is 5.47. The summed E-state index contributed by atoms with van der Waals surface area (Å²) in [6, 6.07) is 5.92. The van der Waals surface area contributed by atoms with Crippen molar-refractivity contribution in [3.8, 4) is 5.75 Å². The third-order valence-corrected chi connectivity index (χ3v) is 4.33. The van der Waals surface area contributed by atoms with Crippen molar-refractivity contribution in [3.63, 3.8) is 0 Å². The van der Waals surface area contributed by atoms with Crippen LogP contribution in [0, 0.1) is 5.92 Å². The fourth-order valence-electron chi connectivity index (χ4n) is 1.81. The quantitative estimate of drug-likeness (QED) is 0.656. The van der Waals surface area contributed by atoms with Gasteiger partial charge in [0.2, 0.25) is 0 Å². The molecule has 0 spiro atoms. The summed E-state index contributed by atoms with van der Waals surface area (Å²) in [5.41, 5.74) is 0. The standard InChI is InChI=1S/C15H22O5S/c1-4-6-12(3)15(16)11-20-21(17,18)14-9-7-13(8-10-14)19-5-2/h7-10,12H,4-6,11H2,1-3H3. The lowest BCUT2D eigenvalue weighted by Gasteiger charge is -2.10. The Balaban J connectivity index is 2.66. The second kappa shape index (κ2) is 8.14. The van der Waals surface area contributed by atoms with Crippen LogP contribution in [0.1, 0.15) is 33.6 Å². The van der Waals surface area contributed by atoms with Crippen molar-refractivity contribution in [2.45, 2.75) is 38.5 Å². The molecule has 0 saturated carbocycles. The molecule has 118 valence electrons. The van der Waals surface area contributed by atoms with Gasteiger partial charge in [-0.15, -0.1) is 0 Å². The molecular weight excluding hydrogens is 292 g/mol. The normalized spacial score (nSPS) is 12.9. The maximum atomic E-state index is 12.0. The molecule has 0 saturated heterocycles. The highest BCUT2D eigenvalue weighted by molar-refractivity contribution is 7.86. The van der Waals surface area contributed by atoms with Gasteiger partial charge >= 0.3 is 0 Å². The van der Waals surface area contributed by atoms with Gasteiger partial charge in [-0.3, -0.25) is 8.98 Å². The number of hydrogen-bond donors (Lipinski definition) is 0. The van der Waals surface area contributed by atoms with Crippen LogP contribution in [-0.2, 0) is 19.1 Å². The predicted molar refractivity (Wildman–Crippen MR) is 79.8 cm³/mol. The van der Waals surface area contributed by atoms with Gasteiger partial charge in [0.1, 0.15) is 12.4 Å². The molecule has 6 heteroatoms. The minimum Gasteiger partial charge on any atom is -0.494 e. The van der Waals surface area contributed by atoms with Gasteiger partial charge < -0.3 is 4.74 Å². The van der Waals surface area contributed by atoms with Crippen LogP contribution in [-0.4, -0.2) is 27.4 Å². The lowest BCUT2D eigenvalue weighted by atomic mass is 10.0. The molecule has 1 unspecified atom stereocenters. The highest BCUT2D eigenvalue weighted by Gasteiger charge is 2.19. The van der Waals surface area contributed by atoms with E-state index in [1.807, 2.05) is 13.8 Å². The van der Waals surface area contributed by atoms with Gasteiger partial charge in [-0.1, -0.05) is 20.3 Å². The maximum absolute atomic E-state index is 12.0. The SMILES string of the molecule is CCCC(C)C(=O)COS(=O)(=O)c1ccc(OCC)cc1. The van der Waals surface area contributed by atoms with E-state index in [2.05, 4.69) is 0 Å². The Bertz CT molecular complexity index is 548. The molecule has 21 heavy (non-hydrogen) atoms. The van der Waals surface area contributed by atoms with E-state index in [1.54, 1.807) is 19.1 Å². The van der Waals surface area contributed by atoms with Crippen LogP contribution >= 0.6 is 0 Å². The van der Waals surface area contributed by atoms with Crippen molar-refractivity contribution in [3.05, 3.63) is 24.3 Å². The Morgan fingerprint density at radius 3 is 2.33 bits per heavy atom. The Hall–Kier alpha value is -1.40. The van der Waals surface area contributed by atoms with Crippen molar-refractivity contribution in [1.82, 2.24) is 0 Å². The number of Topliss-reactive ketones (excluding diaryl/α,β-unsaturated/α-hetero) is 1. The molecule has 0 aliphatic carbocycles. The monoisotopic (exact) mass is 314 g/mol. The van der Waals surface area contributed by atoms with E-state index in [0.717, 1.165) is 12.8 Å². The second-order valence-electron chi connectivity index (χ2n) is 4.78. The molecule has 1 rings (SSSR count). The van der Waals surface area contributed by atoms with Crippen molar-refractivity contribution in [1.29, 1.82) is 0 Å². The fourth-order valence-corrected chi connectivity index (χ4v) is 2.69. The van der Waals surface area contributed by atoms with Crippen molar-refractivity contribution in [2.24, 2.45) is 5.92 Å². The first kappa shape index (κ1) is 17.7. The van der Waals surface area contributed by atoms with E-state index in [1.165, 1.54) is 12.1 Å². The minimum absolute atomic E-state index is 0.0156. The van der Waals surface area contributed by atoms with Crippen LogP contribution in [0.3, 0.4) is 0 Å². The summed E-state index contributed by atoms with van der Waals surface area (Å²) in [4.78, 5) is 11.8. The smallest absolute Gasteiger partial charge is 0.297 e. The van der Waals surface area contributed by atoms with Gasteiger partial charge in [-0.2, -0.15) is 8.42 Å². The summed E-state index contributed by atoms with van der Waals surface area (Å²) < 4.78 is 34.0. The van der Waals surface area contributed by atoms with Crippen LogP contribution in [0.4, 0.5) is 0 Å². The van der Waals surface area contributed by atoms with E-state index in [4.69, 9.17) is 8.92 Å². The Kier molecular flexibility index (Phi) is 6.84. The number of rotatable bonds is 9. The molecule has 0 bridgehead atoms. The predicted octanol–water partition coefficient (Wildman–Crippen LogP) is 2.80. The number of hydrogen-bond acceptors (Lipinski definition) is 5. The van der Waals surface area contributed by atoms with E-state index < -0.39 is 16.7 Å². The van der Waals surface area contributed by atoms with Crippen molar-refractivity contribution >= 4 is 15.9 Å². The zero-order chi connectivity index (χ0) is 15.9. The molecule has 0 radical (unpaired) electrons. The molecule has 0 aliphatic heterocycles. The van der Waals surface area contributed by atoms with Crippen LogP contribution in [0.15, 0.2) is 29.2 Å². The summed E-state index contributed by atoms with van der Waals surface area (Å²) in [5.74, 6) is 0.195. The first-order valence-electron chi connectivity index (χ1n) is 7.05. The number of carbonyl (C=O) groups excluding carboxylic acids is 1. The minimum atomic E-state index is -3.91. The topological polar surface area (TPSA) is 69.7 Å². The van der Waals surface area contributed by atoms with Crippen LogP contribution < -0.4 is 4.74 Å². The van der Waals surface area contributed by atoms with Gasteiger partial charge in [0, 0.05) is 5.92 Å². The summed E-state index contributed by atoms with van der Waals surface area (Å²) in [6.07, 6.45) is 1.60. The molecule has 0 amide bonds. The van der Waals surface area contributed by atoms with Gasteiger partial charge in [-0.05, 0) is 37.6 Å². The number of benzene rings is 1. The molecule has 0 fully saturated rings. The van der Waals surface area contributed by atoms with E-state index in [-0.39, 0.29) is 16.6 Å². The van der Waals surface area contributed by atoms with E-state index in [0.29, 0.717) is 12.4 Å². The van der Waals surface area contributed by atoms with Gasteiger partial charge in [-0.25, -0.2) is 0 Å². The maximum Gasteiger partial charge on any atom is 0.297 e. The Morgan fingerprint density at radius 1 is 1.19 bits per heavy atom. The molecular formula is C15H22O5S. The number of carbonyl (C=O) groups is 1. The first-order chi connectivity index (χ1) is 9.90. The molecule has 0 heterocycles. The van der Waals surface area contributed by atoms with Gasteiger partial charge in [0.25, 0.3) is 10.1 Å². The van der Waals surface area contributed by atoms with Crippen LogP contribution in [0.2, 0.25) is 0 Å². The zero-order valence-electron chi connectivity index (χ0n) is 12.7. The Labute approximate surface area is 126 Å².